The Bertz CT molecular complexity index is 1510. The van der Waals surface area contributed by atoms with Crippen molar-refractivity contribution in [2.24, 2.45) is 14.1 Å². The normalized spacial score (nSPS) is 11.1. The fraction of sp³-hybridized carbons (Fsp3) is 0.208. The Morgan fingerprint density at radius 2 is 1.89 bits per heavy atom. The Kier molecular flexibility index (Phi) is 5.73. The first-order valence-electron chi connectivity index (χ1n) is 10.7. The molecule has 0 aliphatic heterocycles. The van der Waals surface area contributed by atoms with Crippen molar-refractivity contribution in [2.45, 2.75) is 6.54 Å². The van der Waals surface area contributed by atoms with Crippen molar-refractivity contribution < 1.29 is 13.9 Å². The van der Waals surface area contributed by atoms with E-state index in [4.69, 9.17) is 14.5 Å². The molecule has 0 saturated heterocycles. The van der Waals surface area contributed by atoms with Crippen LogP contribution < -0.4 is 14.4 Å². The summed E-state index contributed by atoms with van der Waals surface area (Å²) in [7, 11) is 6.64. The second kappa shape index (κ2) is 9.01. The van der Waals surface area contributed by atoms with E-state index in [1.54, 1.807) is 46.4 Å². The molecule has 5 aromatic rings. The van der Waals surface area contributed by atoms with E-state index >= 15 is 4.39 Å². The van der Waals surface area contributed by atoms with Gasteiger partial charge in [0.1, 0.15) is 22.9 Å². The smallest absolute Gasteiger partial charge is 0.188 e. The molecule has 0 saturated carbocycles. The van der Waals surface area contributed by atoms with Gasteiger partial charge in [0, 0.05) is 50.4 Å². The lowest BCUT2D eigenvalue weighted by atomic mass is 10.2. The van der Waals surface area contributed by atoms with E-state index in [1.165, 1.54) is 20.3 Å². The summed E-state index contributed by atoms with van der Waals surface area (Å²) < 4.78 is 29.7. The van der Waals surface area contributed by atoms with Crippen LogP contribution in [0.3, 0.4) is 0 Å². The van der Waals surface area contributed by atoms with Crippen LogP contribution in [0.15, 0.2) is 55.2 Å². The van der Waals surface area contributed by atoms with Gasteiger partial charge in [-0.15, -0.1) is 0 Å². The molecule has 0 aliphatic rings. The van der Waals surface area contributed by atoms with Crippen molar-refractivity contribution in [3.63, 3.8) is 0 Å². The highest BCUT2D eigenvalue weighted by atomic mass is 19.1. The van der Waals surface area contributed by atoms with Crippen LogP contribution in [-0.2, 0) is 20.6 Å². The summed E-state index contributed by atoms with van der Waals surface area (Å²) in [6.45, 7) is 0.241. The SMILES string of the molecule is COc1cc(OC)c(F)c(N(Cc2nccn2C)c2ccc3ncc(-c4cnn(C)c4)nc3n2)c1. The van der Waals surface area contributed by atoms with Crippen molar-refractivity contribution in [1.82, 2.24) is 34.3 Å². The number of ether oxygens (including phenoxy) is 2. The zero-order valence-electron chi connectivity index (χ0n) is 19.7. The average Bonchev–Trinajstić information content (AvgIpc) is 3.50. The van der Waals surface area contributed by atoms with Gasteiger partial charge in [-0.05, 0) is 12.1 Å². The summed E-state index contributed by atoms with van der Waals surface area (Å²) in [6.07, 6.45) is 8.76. The van der Waals surface area contributed by atoms with Gasteiger partial charge in [-0.2, -0.15) is 5.10 Å². The van der Waals surface area contributed by atoms with Gasteiger partial charge >= 0.3 is 0 Å². The molecule has 0 amide bonds. The molecule has 0 radical (unpaired) electrons. The second-order valence-corrected chi connectivity index (χ2v) is 7.87. The third-order valence-corrected chi connectivity index (χ3v) is 5.63. The van der Waals surface area contributed by atoms with Gasteiger partial charge in [0.2, 0.25) is 0 Å². The summed E-state index contributed by atoms with van der Waals surface area (Å²) in [5, 5.41) is 4.20. The fourth-order valence-corrected chi connectivity index (χ4v) is 3.73. The maximum Gasteiger partial charge on any atom is 0.188 e. The molecule has 0 atom stereocenters. The minimum absolute atomic E-state index is 0.0589. The first-order chi connectivity index (χ1) is 17.0. The maximum atomic E-state index is 15.5. The van der Waals surface area contributed by atoms with E-state index in [9.17, 15) is 0 Å². The number of anilines is 2. The summed E-state index contributed by atoms with van der Waals surface area (Å²) >= 11 is 0. The van der Waals surface area contributed by atoms with Crippen molar-refractivity contribution in [1.29, 1.82) is 0 Å². The highest BCUT2D eigenvalue weighted by molar-refractivity contribution is 5.77. The number of fused-ring (bicyclic) bond motifs is 1. The van der Waals surface area contributed by atoms with E-state index in [0.29, 0.717) is 34.2 Å². The zero-order valence-corrected chi connectivity index (χ0v) is 19.7. The number of imidazole rings is 1. The van der Waals surface area contributed by atoms with Crippen LogP contribution in [0, 0.1) is 5.82 Å². The molecular weight excluding hydrogens is 451 g/mol. The lowest BCUT2D eigenvalue weighted by Gasteiger charge is -2.25. The maximum absolute atomic E-state index is 15.5. The Morgan fingerprint density at radius 3 is 2.57 bits per heavy atom. The van der Waals surface area contributed by atoms with E-state index in [0.717, 1.165) is 5.56 Å². The summed E-state index contributed by atoms with van der Waals surface area (Å²) in [5.41, 5.74) is 2.72. The van der Waals surface area contributed by atoms with Crippen molar-refractivity contribution in [3.8, 4) is 22.8 Å². The molecule has 1 aromatic carbocycles. The van der Waals surface area contributed by atoms with Crippen LogP contribution in [-0.4, -0.2) is 48.5 Å². The average molecular weight is 475 g/mol. The van der Waals surface area contributed by atoms with Crippen molar-refractivity contribution in [2.75, 3.05) is 19.1 Å². The molecule has 178 valence electrons. The Morgan fingerprint density at radius 1 is 1.03 bits per heavy atom. The molecule has 0 spiro atoms. The molecular formula is C24H23FN8O2. The first kappa shape index (κ1) is 22.3. The number of aryl methyl sites for hydroxylation is 2. The van der Waals surface area contributed by atoms with E-state index < -0.39 is 5.82 Å². The third-order valence-electron chi connectivity index (χ3n) is 5.63. The highest BCUT2D eigenvalue weighted by Crippen LogP contribution is 2.37. The molecule has 11 heteroatoms. The molecule has 4 heterocycles. The standard InChI is InChI=1S/C24H23FN8O2/c1-31-8-7-26-22(31)14-33(19-9-16(34-3)10-20(35-4)23(19)25)21-6-5-17-24(30-21)29-18(12-27-17)15-11-28-32(2)13-15/h5-13H,14H2,1-4H3. The molecule has 0 unspecified atom stereocenters. The molecule has 0 N–H and O–H groups in total. The second-order valence-electron chi connectivity index (χ2n) is 7.87. The molecule has 0 aliphatic carbocycles. The number of aromatic nitrogens is 7. The molecule has 35 heavy (non-hydrogen) atoms. The topological polar surface area (TPSA) is 96.0 Å². The van der Waals surface area contributed by atoms with Gasteiger partial charge in [0.15, 0.2) is 17.2 Å². The number of benzene rings is 1. The number of hydrogen-bond donors (Lipinski definition) is 0. The van der Waals surface area contributed by atoms with Gasteiger partial charge in [-0.3, -0.25) is 9.67 Å². The summed E-state index contributed by atoms with van der Waals surface area (Å²) in [6, 6.07) is 6.68. The first-order valence-corrected chi connectivity index (χ1v) is 10.7. The number of rotatable bonds is 7. The Hall–Kier alpha value is -4.54. The highest BCUT2D eigenvalue weighted by Gasteiger charge is 2.22. The number of hydrogen-bond acceptors (Lipinski definition) is 8. The lowest BCUT2D eigenvalue weighted by molar-refractivity contribution is 0.374. The van der Waals surface area contributed by atoms with Gasteiger partial charge in [-0.1, -0.05) is 0 Å². The Balaban J connectivity index is 1.66. The van der Waals surface area contributed by atoms with Crippen LogP contribution in [0.1, 0.15) is 5.82 Å². The predicted molar refractivity (Wildman–Crippen MR) is 128 cm³/mol. The van der Waals surface area contributed by atoms with Crippen molar-refractivity contribution >= 4 is 22.7 Å². The van der Waals surface area contributed by atoms with E-state index in [2.05, 4.69) is 20.1 Å². The van der Waals surface area contributed by atoms with Crippen LogP contribution in [0.5, 0.6) is 11.5 Å². The Labute approximate surface area is 200 Å². The zero-order chi connectivity index (χ0) is 24.5. The summed E-state index contributed by atoms with van der Waals surface area (Å²) in [5.74, 6) is 1.14. The van der Waals surface area contributed by atoms with E-state index in [1.807, 2.05) is 31.1 Å². The van der Waals surface area contributed by atoms with Crippen LogP contribution in [0.4, 0.5) is 15.9 Å². The number of halogens is 1. The molecule has 0 bridgehead atoms. The number of methoxy groups -OCH3 is 2. The molecule has 0 fully saturated rings. The van der Waals surface area contributed by atoms with Gasteiger partial charge in [0.05, 0.1) is 44.5 Å². The largest absolute Gasteiger partial charge is 0.497 e. The minimum atomic E-state index is -0.542. The van der Waals surface area contributed by atoms with Crippen molar-refractivity contribution in [3.05, 3.63) is 66.9 Å². The lowest BCUT2D eigenvalue weighted by Crippen LogP contribution is -2.21. The predicted octanol–water partition coefficient (Wildman–Crippen LogP) is 3.65. The number of nitrogens with zero attached hydrogens (tertiary/aromatic N) is 8. The van der Waals surface area contributed by atoms with Crippen LogP contribution >= 0.6 is 0 Å². The van der Waals surface area contributed by atoms with Gasteiger partial charge < -0.3 is 18.9 Å². The van der Waals surface area contributed by atoms with Gasteiger partial charge in [-0.25, -0.2) is 19.3 Å². The monoisotopic (exact) mass is 474 g/mol. The quantitative estimate of drug-likeness (QED) is 0.353. The van der Waals surface area contributed by atoms with E-state index in [-0.39, 0.29) is 18.0 Å². The molecule has 4 aromatic heterocycles. The molecule has 10 nitrogen and oxygen atoms in total. The third kappa shape index (κ3) is 4.23. The van der Waals surface area contributed by atoms with Crippen LogP contribution in [0.25, 0.3) is 22.4 Å². The molecule has 5 rings (SSSR count). The fourth-order valence-electron chi connectivity index (χ4n) is 3.73. The minimum Gasteiger partial charge on any atom is -0.497 e. The summed E-state index contributed by atoms with van der Waals surface area (Å²) in [4.78, 5) is 20.0. The van der Waals surface area contributed by atoms with Crippen LogP contribution in [0.2, 0.25) is 0 Å². The van der Waals surface area contributed by atoms with Gasteiger partial charge in [0.25, 0.3) is 0 Å². The number of pyridine rings is 1.